The van der Waals surface area contributed by atoms with Gasteiger partial charge in [0, 0.05) is 40.5 Å². The van der Waals surface area contributed by atoms with Gasteiger partial charge in [-0.15, -0.1) is 0 Å². The summed E-state index contributed by atoms with van der Waals surface area (Å²) in [6.07, 6.45) is 0. The van der Waals surface area contributed by atoms with Crippen molar-refractivity contribution in [3.05, 3.63) is 128 Å². The number of imidazole rings is 2. The molecule has 0 bridgehead atoms. The number of halogens is 2. The van der Waals surface area contributed by atoms with Crippen molar-refractivity contribution in [2.45, 2.75) is 0 Å². The number of nitrogens with one attached hydrogen (secondary N) is 2. The third-order valence-corrected chi connectivity index (χ3v) is 8.69. The Balaban J connectivity index is 1.33. The first kappa shape index (κ1) is 28.4. The molecular weight excluding hydrogens is 774 g/mol. The van der Waals surface area contributed by atoms with Gasteiger partial charge in [-0.3, -0.25) is 0 Å². The third kappa shape index (κ3) is 5.74. The fourth-order valence-electron chi connectivity index (χ4n) is 5.17. The molecule has 0 aliphatic rings. The third-order valence-electron chi connectivity index (χ3n) is 7.35. The van der Waals surface area contributed by atoms with Gasteiger partial charge in [-0.2, -0.15) is 0 Å². The monoisotopic (exact) mass is 798 g/mol. The molecule has 2 aromatic heterocycles. The molecule has 0 amide bonds. The quantitative estimate of drug-likeness (QED) is 0.126. The fraction of sp³-hybridized carbons (Fsp3) is 0. The summed E-state index contributed by atoms with van der Waals surface area (Å²) in [5.41, 5.74) is 9.33. The topological polar surface area (TPSA) is 97.8 Å². The summed E-state index contributed by atoms with van der Waals surface area (Å²) in [7, 11) is 0. The Morgan fingerprint density at radius 2 is 0.841 bits per heavy atom. The lowest BCUT2D eigenvalue weighted by molar-refractivity contribution is 0.475. The van der Waals surface area contributed by atoms with E-state index in [1.165, 1.54) is 0 Å². The minimum absolute atomic E-state index is 0.213. The number of rotatable bonds is 6. The van der Waals surface area contributed by atoms with E-state index in [2.05, 4.69) is 116 Å². The number of aromatic hydroxyl groups is 2. The maximum absolute atomic E-state index is 9.80. The number of phenols is 2. The molecule has 44 heavy (non-hydrogen) atoms. The van der Waals surface area contributed by atoms with Gasteiger partial charge in [-0.05, 0) is 118 Å². The van der Waals surface area contributed by atoms with E-state index in [1.807, 2.05) is 36.4 Å². The van der Waals surface area contributed by atoms with E-state index in [-0.39, 0.29) is 11.5 Å². The van der Waals surface area contributed by atoms with Crippen molar-refractivity contribution in [1.82, 2.24) is 19.9 Å². The van der Waals surface area contributed by atoms with Gasteiger partial charge < -0.3 is 20.2 Å². The Hall–Kier alpha value is -4.42. The number of H-pyrrole nitrogens is 2. The predicted octanol–water partition coefficient (Wildman–Crippen LogP) is 9.76. The maximum atomic E-state index is 9.80. The van der Waals surface area contributed by atoms with Crippen LogP contribution in [0.25, 0.3) is 67.8 Å². The molecule has 214 valence electrons. The van der Waals surface area contributed by atoms with E-state index in [9.17, 15) is 10.2 Å². The smallest absolute Gasteiger partial charge is 0.138 e. The summed E-state index contributed by atoms with van der Waals surface area (Å²) in [6, 6.07) is 39.1. The zero-order chi connectivity index (χ0) is 30.2. The molecule has 0 aliphatic heterocycles. The second-order valence-corrected chi connectivity index (χ2v) is 12.8. The van der Waals surface area contributed by atoms with Crippen molar-refractivity contribution in [1.29, 1.82) is 0 Å². The zero-order valence-electron chi connectivity index (χ0n) is 23.1. The van der Waals surface area contributed by atoms with Crippen LogP contribution in [0.1, 0.15) is 0 Å². The molecule has 0 radical (unpaired) electrons. The molecule has 2 heterocycles. The molecule has 0 saturated heterocycles. The Kier molecular flexibility index (Phi) is 7.69. The van der Waals surface area contributed by atoms with Crippen LogP contribution in [-0.4, -0.2) is 30.1 Å². The first-order valence-electron chi connectivity index (χ1n) is 13.8. The minimum atomic E-state index is 0.213. The van der Waals surface area contributed by atoms with E-state index >= 15 is 0 Å². The van der Waals surface area contributed by atoms with Crippen molar-refractivity contribution in [3.8, 4) is 79.3 Å². The molecule has 5 aromatic carbocycles. The second-order valence-electron chi connectivity index (χ2n) is 10.3. The van der Waals surface area contributed by atoms with Crippen LogP contribution in [0.3, 0.4) is 0 Å². The Morgan fingerprint density at radius 3 is 1.36 bits per heavy atom. The van der Waals surface area contributed by atoms with Crippen molar-refractivity contribution >= 4 is 45.2 Å². The highest BCUT2D eigenvalue weighted by Gasteiger charge is 2.19. The number of hydrogen-bond donors (Lipinski definition) is 4. The molecule has 0 unspecified atom stereocenters. The van der Waals surface area contributed by atoms with E-state index in [0.29, 0.717) is 0 Å². The molecule has 4 N–H and O–H groups in total. The van der Waals surface area contributed by atoms with Crippen LogP contribution >= 0.6 is 45.2 Å². The summed E-state index contributed by atoms with van der Waals surface area (Å²) in [4.78, 5) is 17.1. The highest BCUT2D eigenvalue weighted by Crippen LogP contribution is 2.37. The average Bonchev–Trinajstić information content (AvgIpc) is 3.68. The van der Waals surface area contributed by atoms with Gasteiger partial charge >= 0.3 is 0 Å². The lowest BCUT2D eigenvalue weighted by atomic mass is 10.0. The van der Waals surface area contributed by atoms with Crippen molar-refractivity contribution < 1.29 is 10.2 Å². The molecule has 0 fully saturated rings. The summed E-state index contributed by atoms with van der Waals surface area (Å²) in [5.74, 6) is 1.88. The van der Waals surface area contributed by atoms with Gasteiger partial charge in [-0.1, -0.05) is 48.5 Å². The van der Waals surface area contributed by atoms with Gasteiger partial charge in [0.1, 0.15) is 23.1 Å². The number of aromatic nitrogens is 4. The van der Waals surface area contributed by atoms with Crippen LogP contribution in [-0.2, 0) is 0 Å². The normalized spacial score (nSPS) is 11.1. The molecule has 6 nitrogen and oxygen atoms in total. The van der Waals surface area contributed by atoms with E-state index in [1.54, 1.807) is 24.3 Å². The maximum Gasteiger partial charge on any atom is 0.138 e. The predicted molar refractivity (Wildman–Crippen MR) is 192 cm³/mol. The van der Waals surface area contributed by atoms with Crippen LogP contribution in [0.15, 0.2) is 121 Å². The van der Waals surface area contributed by atoms with Gasteiger partial charge in [0.15, 0.2) is 0 Å². The van der Waals surface area contributed by atoms with Crippen LogP contribution < -0.4 is 0 Å². The van der Waals surface area contributed by atoms with E-state index in [4.69, 9.17) is 9.97 Å². The molecule has 7 aromatic rings. The van der Waals surface area contributed by atoms with Crippen LogP contribution in [0.2, 0.25) is 0 Å². The van der Waals surface area contributed by atoms with Crippen molar-refractivity contribution in [2.75, 3.05) is 0 Å². The van der Waals surface area contributed by atoms with Crippen LogP contribution in [0.5, 0.6) is 11.5 Å². The molecule has 8 heteroatoms. The number of benzene rings is 5. The van der Waals surface area contributed by atoms with E-state index < -0.39 is 0 Å². The Morgan fingerprint density at radius 1 is 0.432 bits per heavy atom. The van der Waals surface area contributed by atoms with Crippen LogP contribution in [0, 0.1) is 7.14 Å². The molecule has 0 spiro atoms. The number of nitrogens with zero attached hydrogens (tertiary/aromatic N) is 2. The number of aromatic amines is 2. The largest absolute Gasteiger partial charge is 0.508 e. The fourth-order valence-corrected chi connectivity index (χ4v) is 6.25. The lowest BCUT2D eigenvalue weighted by Gasteiger charge is -2.07. The highest BCUT2D eigenvalue weighted by molar-refractivity contribution is 14.1. The molecular formula is C36H24I2N4O2. The molecule has 0 saturated carbocycles. The summed E-state index contributed by atoms with van der Waals surface area (Å²) < 4.78 is 2.26. The first-order chi connectivity index (χ1) is 21.4. The van der Waals surface area contributed by atoms with Crippen molar-refractivity contribution in [2.24, 2.45) is 0 Å². The first-order valence-corrected chi connectivity index (χ1v) is 16.0. The summed E-state index contributed by atoms with van der Waals surface area (Å²) in [5, 5.41) is 19.6. The summed E-state index contributed by atoms with van der Waals surface area (Å²) >= 11 is 4.64. The highest BCUT2D eigenvalue weighted by atomic mass is 127. The molecule has 0 aliphatic carbocycles. The van der Waals surface area contributed by atoms with Crippen LogP contribution in [0.4, 0.5) is 0 Å². The zero-order valence-corrected chi connectivity index (χ0v) is 27.4. The Labute approximate surface area is 281 Å². The number of hydrogen-bond acceptors (Lipinski definition) is 4. The SMILES string of the molecule is Oc1ccc(-c2nc(-c3cccc(I)c3)c(-c3ccc(-c4nc(-c5ccc(O)cc5)[nH]c4-c4cccc(I)c4)cc3)[nH]2)cc1. The lowest BCUT2D eigenvalue weighted by Crippen LogP contribution is -1.87. The second kappa shape index (κ2) is 11.9. The average molecular weight is 798 g/mol. The molecule has 0 atom stereocenters. The summed E-state index contributed by atoms with van der Waals surface area (Å²) in [6.45, 7) is 0. The minimum Gasteiger partial charge on any atom is -0.508 e. The van der Waals surface area contributed by atoms with Gasteiger partial charge in [-0.25, -0.2) is 9.97 Å². The number of phenolic OH excluding ortho intramolecular Hbond substituents is 2. The van der Waals surface area contributed by atoms with Crippen molar-refractivity contribution in [3.63, 3.8) is 0 Å². The molecule has 7 rings (SSSR count). The standard InChI is InChI=1S/C36H24I2N4O2/c37-27-5-1-3-25(19-27)33-31(39-35(41-33)23-11-15-29(43)16-12-23)21-7-9-22(10-8-21)32-34(26-4-2-6-28(38)20-26)42-36(40-32)24-13-17-30(44)18-14-24/h1-20,43-44H,(H,39,41)(H,40,42). The Bertz CT molecular complexity index is 1950. The van der Waals surface area contributed by atoms with Gasteiger partial charge in [0.2, 0.25) is 0 Å². The van der Waals surface area contributed by atoms with Gasteiger partial charge in [0.05, 0.1) is 22.8 Å². The van der Waals surface area contributed by atoms with Gasteiger partial charge in [0.25, 0.3) is 0 Å². The van der Waals surface area contributed by atoms with E-state index in [0.717, 1.165) is 74.9 Å².